The molecule has 28 heavy (non-hydrogen) atoms. The largest absolute Gasteiger partial charge is 0.323 e. The van der Waals surface area contributed by atoms with Gasteiger partial charge in [0.15, 0.2) is 5.16 Å². The molecule has 8 heteroatoms. The Labute approximate surface area is 164 Å². The molecule has 0 saturated heterocycles. The summed E-state index contributed by atoms with van der Waals surface area (Å²) in [6.45, 7) is 1.93. The summed E-state index contributed by atoms with van der Waals surface area (Å²) in [5, 5.41) is 12.0. The van der Waals surface area contributed by atoms with Crippen molar-refractivity contribution < 1.29 is 9.18 Å². The summed E-state index contributed by atoms with van der Waals surface area (Å²) in [4.78, 5) is 31.1. The fraction of sp³-hybridized carbons (Fsp3) is 0.100. The number of carbonyl (C=O) groups excluding carboxylic acids is 1. The van der Waals surface area contributed by atoms with Gasteiger partial charge in [0.05, 0.1) is 17.1 Å². The fourth-order valence-electron chi connectivity index (χ4n) is 2.43. The van der Waals surface area contributed by atoms with Crippen molar-refractivity contribution in [2.45, 2.75) is 12.1 Å². The predicted octanol–water partition coefficient (Wildman–Crippen LogP) is 3.49. The van der Waals surface area contributed by atoms with Gasteiger partial charge in [0.1, 0.15) is 17.4 Å². The molecule has 0 bridgehead atoms. The van der Waals surface area contributed by atoms with Crippen LogP contribution in [0, 0.1) is 24.1 Å². The maximum atomic E-state index is 13.6. The highest BCUT2D eigenvalue weighted by Gasteiger charge is 2.15. The van der Waals surface area contributed by atoms with Crippen molar-refractivity contribution in [3.8, 4) is 17.3 Å². The summed E-state index contributed by atoms with van der Waals surface area (Å²) in [5.74, 6) is -1.07. The SMILES string of the molecule is Cc1ccc(-c2nc(SCC(=O)Nc3ccccc3F)[nH]c(=O)c2C#N)cc1. The van der Waals surface area contributed by atoms with Gasteiger partial charge < -0.3 is 10.3 Å². The topological polar surface area (TPSA) is 98.6 Å². The number of nitrogens with one attached hydrogen (secondary N) is 2. The molecule has 0 radical (unpaired) electrons. The van der Waals surface area contributed by atoms with Gasteiger partial charge >= 0.3 is 0 Å². The molecule has 3 aromatic rings. The third-order valence-electron chi connectivity index (χ3n) is 3.82. The number of aromatic amines is 1. The molecule has 0 aliphatic rings. The molecule has 1 aromatic heterocycles. The van der Waals surface area contributed by atoms with E-state index >= 15 is 0 Å². The lowest BCUT2D eigenvalue weighted by Crippen LogP contribution is -2.18. The van der Waals surface area contributed by atoms with Gasteiger partial charge in [-0.05, 0) is 19.1 Å². The summed E-state index contributed by atoms with van der Waals surface area (Å²) < 4.78 is 13.6. The number of hydrogen-bond donors (Lipinski definition) is 2. The van der Waals surface area contributed by atoms with Gasteiger partial charge in [0.2, 0.25) is 5.91 Å². The number of amides is 1. The molecule has 0 aliphatic heterocycles. The van der Waals surface area contributed by atoms with Gasteiger partial charge in [-0.1, -0.05) is 53.7 Å². The van der Waals surface area contributed by atoms with Crippen molar-refractivity contribution in [2.75, 3.05) is 11.1 Å². The van der Waals surface area contributed by atoms with E-state index < -0.39 is 17.3 Å². The highest BCUT2D eigenvalue weighted by molar-refractivity contribution is 7.99. The van der Waals surface area contributed by atoms with Crippen LogP contribution in [-0.2, 0) is 4.79 Å². The number of hydrogen-bond acceptors (Lipinski definition) is 5. The van der Waals surface area contributed by atoms with Crippen molar-refractivity contribution in [1.82, 2.24) is 9.97 Å². The lowest BCUT2D eigenvalue weighted by atomic mass is 10.1. The molecule has 2 N–H and O–H groups in total. The normalized spacial score (nSPS) is 10.3. The minimum atomic E-state index is -0.579. The molecule has 0 unspecified atom stereocenters. The van der Waals surface area contributed by atoms with E-state index in [0.29, 0.717) is 5.56 Å². The number of thioether (sulfide) groups is 1. The molecule has 0 fully saturated rings. The number of rotatable bonds is 5. The Morgan fingerprint density at radius 3 is 2.64 bits per heavy atom. The Hall–Kier alpha value is -3.44. The summed E-state index contributed by atoms with van der Waals surface area (Å²) >= 11 is 0.988. The molecule has 1 amide bonds. The second kappa shape index (κ2) is 8.50. The highest BCUT2D eigenvalue weighted by atomic mass is 32.2. The Kier molecular flexibility index (Phi) is 5.87. The average Bonchev–Trinajstić information content (AvgIpc) is 2.68. The fourth-order valence-corrected chi connectivity index (χ4v) is 3.09. The van der Waals surface area contributed by atoms with Crippen LogP contribution in [0.5, 0.6) is 0 Å². The monoisotopic (exact) mass is 394 g/mol. The van der Waals surface area contributed by atoms with E-state index in [2.05, 4.69) is 15.3 Å². The molecule has 140 valence electrons. The number of carbonyl (C=O) groups is 1. The molecule has 1 heterocycles. The van der Waals surface area contributed by atoms with Crippen molar-refractivity contribution in [3.63, 3.8) is 0 Å². The first-order valence-corrected chi connectivity index (χ1v) is 9.25. The predicted molar refractivity (Wildman–Crippen MR) is 105 cm³/mol. The minimum absolute atomic E-state index is 0.0784. The van der Waals surface area contributed by atoms with E-state index in [9.17, 15) is 19.2 Å². The third kappa shape index (κ3) is 4.45. The molecule has 0 spiro atoms. The molecule has 3 rings (SSSR count). The molecular formula is C20H15FN4O2S. The first kappa shape index (κ1) is 19.3. The molecule has 6 nitrogen and oxygen atoms in total. The van der Waals surface area contributed by atoms with Crippen LogP contribution in [0.2, 0.25) is 0 Å². The summed E-state index contributed by atoms with van der Waals surface area (Å²) in [5.41, 5.74) is 1.32. The Morgan fingerprint density at radius 1 is 1.25 bits per heavy atom. The molecular weight excluding hydrogens is 379 g/mol. The molecule has 2 aromatic carbocycles. The Bertz CT molecular complexity index is 1120. The number of anilines is 1. The van der Waals surface area contributed by atoms with Crippen molar-refractivity contribution >= 4 is 23.4 Å². The zero-order chi connectivity index (χ0) is 20.1. The standard InChI is InChI=1S/C20H15FN4O2S/c1-12-6-8-13(9-7-12)18-14(10-22)19(27)25-20(24-18)28-11-17(26)23-16-5-3-2-4-15(16)21/h2-9H,11H2,1H3,(H,23,26)(H,24,25,27). The highest BCUT2D eigenvalue weighted by Crippen LogP contribution is 2.22. The van der Waals surface area contributed by atoms with Gasteiger partial charge in [-0.3, -0.25) is 9.59 Å². The van der Waals surface area contributed by atoms with Crippen LogP contribution >= 0.6 is 11.8 Å². The maximum absolute atomic E-state index is 13.6. The number of halogens is 1. The van der Waals surface area contributed by atoms with Crippen LogP contribution < -0.4 is 10.9 Å². The second-order valence-corrected chi connectivity index (χ2v) is 6.85. The van der Waals surface area contributed by atoms with Crippen LogP contribution in [0.15, 0.2) is 58.5 Å². The summed E-state index contributed by atoms with van der Waals surface area (Å²) in [6, 6.07) is 15.0. The lowest BCUT2D eigenvalue weighted by molar-refractivity contribution is -0.113. The van der Waals surface area contributed by atoms with E-state index in [-0.39, 0.29) is 27.9 Å². The zero-order valence-corrected chi connectivity index (χ0v) is 15.6. The van der Waals surface area contributed by atoms with E-state index in [0.717, 1.165) is 17.3 Å². The number of aromatic nitrogens is 2. The van der Waals surface area contributed by atoms with E-state index in [1.165, 1.54) is 18.2 Å². The van der Waals surface area contributed by atoms with Gasteiger partial charge in [-0.2, -0.15) is 5.26 Å². The first-order valence-electron chi connectivity index (χ1n) is 8.26. The number of para-hydroxylation sites is 1. The van der Waals surface area contributed by atoms with Gasteiger partial charge in [0.25, 0.3) is 5.56 Å². The summed E-state index contributed by atoms with van der Waals surface area (Å²) in [6.07, 6.45) is 0. The van der Waals surface area contributed by atoms with E-state index in [1.807, 2.05) is 25.1 Å². The minimum Gasteiger partial charge on any atom is -0.323 e. The zero-order valence-electron chi connectivity index (χ0n) is 14.8. The number of aryl methyl sites for hydroxylation is 1. The quantitative estimate of drug-likeness (QED) is 0.510. The number of H-pyrrole nitrogens is 1. The maximum Gasteiger partial charge on any atom is 0.270 e. The lowest BCUT2D eigenvalue weighted by Gasteiger charge is -2.08. The van der Waals surface area contributed by atoms with Gasteiger partial charge in [-0.25, -0.2) is 9.37 Å². The van der Waals surface area contributed by atoms with Crippen LogP contribution in [0.4, 0.5) is 10.1 Å². The van der Waals surface area contributed by atoms with Crippen molar-refractivity contribution in [1.29, 1.82) is 5.26 Å². The van der Waals surface area contributed by atoms with Crippen LogP contribution in [-0.4, -0.2) is 21.6 Å². The Balaban J connectivity index is 1.80. The van der Waals surface area contributed by atoms with Crippen LogP contribution in [0.1, 0.15) is 11.1 Å². The van der Waals surface area contributed by atoms with Crippen LogP contribution in [0.25, 0.3) is 11.3 Å². The van der Waals surface area contributed by atoms with Crippen molar-refractivity contribution in [2.24, 2.45) is 0 Å². The number of nitriles is 1. The molecule has 0 aliphatic carbocycles. The molecule has 0 atom stereocenters. The smallest absolute Gasteiger partial charge is 0.270 e. The van der Waals surface area contributed by atoms with Gasteiger partial charge in [-0.15, -0.1) is 0 Å². The Morgan fingerprint density at radius 2 is 1.96 bits per heavy atom. The average molecular weight is 394 g/mol. The third-order valence-corrected chi connectivity index (χ3v) is 4.70. The van der Waals surface area contributed by atoms with E-state index in [1.54, 1.807) is 18.2 Å². The first-order chi connectivity index (χ1) is 13.5. The van der Waals surface area contributed by atoms with Gasteiger partial charge in [0, 0.05) is 5.56 Å². The van der Waals surface area contributed by atoms with Crippen LogP contribution in [0.3, 0.4) is 0 Å². The summed E-state index contributed by atoms with van der Waals surface area (Å²) in [7, 11) is 0. The number of nitrogens with zero attached hydrogens (tertiary/aromatic N) is 2. The molecule has 0 saturated carbocycles. The van der Waals surface area contributed by atoms with Crippen molar-refractivity contribution in [3.05, 3.63) is 75.8 Å². The second-order valence-electron chi connectivity index (χ2n) is 5.89. The van der Waals surface area contributed by atoms with E-state index in [4.69, 9.17) is 0 Å². The number of benzene rings is 2.